The molecule has 2 aromatic heterocycles. The Kier molecular flexibility index (Phi) is 7.19. The molecule has 3 unspecified atom stereocenters. The SMILES string of the molecule is CCc1c(F)ccc2cc(O)cc(-c3ncc4c(N5CCC(C(=O)OC)C6CC65)nc(OC[C@@]56CCCN5C[C@H](F)C6)nc4c3F)c12. The first-order chi connectivity index (χ1) is 22.7. The van der Waals surface area contributed by atoms with Gasteiger partial charge in [0.15, 0.2) is 5.82 Å². The molecule has 4 aliphatic rings. The second kappa shape index (κ2) is 11.2. The molecular formula is C35H36F3N5O4. The van der Waals surface area contributed by atoms with Crippen molar-refractivity contribution in [2.75, 3.05) is 38.3 Å². The van der Waals surface area contributed by atoms with E-state index in [2.05, 4.69) is 19.8 Å². The number of hydrogen-bond acceptors (Lipinski definition) is 9. The lowest BCUT2D eigenvalue weighted by Crippen LogP contribution is -2.43. The molecule has 0 spiro atoms. The van der Waals surface area contributed by atoms with E-state index in [1.807, 2.05) is 6.92 Å². The Morgan fingerprint density at radius 1 is 1.19 bits per heavy atom. The lowest BCUT2D eigenvalue weighted by atomic mass is 9.94. The van der Waals surface area contributed by atoms with Crippen molar-refractivity contribution in [3.8, 4) is 23.0 Å². The van der Waals surface area contributed by atoms with Gasteiger partial charge in [-0.3, -0.25) is 14.7 Å². The third-order valence-corrected chi connectivity index (χ3v) is 10.8. The Morgan fingerprint density at radius 3 is 2.85 bits per heavy atom. The number of hydrogen-bond donors (Lipinski definition) is 1. The predicted octanol–water partition coefficient (Wildman–Crippen LogP) is 5.73. The van der Waals surface area contributed by atoms with Crippen molar-refractivity contribution in [2.45, 2.75) is 63.2 Å². The molecule has 9 nitrogen and oxygen atoms in total. The Bertz CT molecular complexity index is 1930. The third-order valence-electron chi connectivity index (χ3n) is 10.8. The molecule has 4 aromatic rings. The molecule has 8 rings (SSSR count). The number of carbonyl (C=O) groups excluding carboxylic acids is 1. The van der Waals surface area contributed by atoms with Crippen LogP contribution in [0.2, 0.25) is 0 Å². The summed E-state index contributed by atoms with van der Waals surface area (Å²) >= 11 is 0. The number of ether oxygens (including phenoxy) is 2. The first-order valence-electron chi connectivity index (χ1n) is 16.4. The molecule has 0 amide bonds. The fourth-order valence-corrected chi connectivity index (χ4v) is 8.53. The highest BCUT2D eigenvalue weighted by atomic mass is 19.1. The van der Waals surface area contributed by atoms with Crippen LogP contribution in [0.1, 0.15) is 44.6 Å². The monoisotopic (exact) mass is 647 g/mol. The van der Waals surface area contributed by atoms with Crippen LogP contribution < -0.4 is 9.64 Å². The van der Waals surface area contributed by atoms with Crippen LogP contribution in [0.4, 0.5) is 19.0 Å². The van der Waals surface area contributed by atoms with Crippen molar-refractivity contribution in [3.63, 3.8) is 0 Å². The first kappa shape index (κ1) is 30.2. The number of carbonyl (C=O) groups is 1. The van der Waals surface area contributed by atoms with Gasteiger partial charge in [-0.2, -0.15) is 9.97 Å². The molecule has 0 radical (unpaired) electrons. The number of methoxy groups -OCH3 is 1. The van der Waals surface area contributed by atoms with E-state index in [1.165, 1.54) is 31.5 Å². The molecule has 1 N–H and O–H groups in total. The standard InChI is InChI=1S/C35H36F3N5O4/c1-3-21-26(37)6-5-18-11-20(44)12-24(28(18)21)30-29(38)31-25(15-39-30)32(43-10-7-22(33(45)46-2)23-13-27(23)43)41-34(40-31)47-17-35-8-4-9-42(35)16-19(36)14-35/h5-6,11-12,15,19,22-23,27,44H,3-4,7-10,13-14,16-17H2,1-2H3/t19-,22?,23?,27?,35+/m1/s1. The summed E-state index contributed by atoms with van der Waals surface area (Å²) in [4.78, 5) is 30.5. The number of alkyl halides is 1. The van der Waals surface area contributed by atoms with E-state index in [1.54, 1.807) is 6.07 Å². The van der Waals surface area contributed by atoms with Gasteiger partial charge in [0.1, 0.15) is 41.4 Å². The van der Waals surface area contributed by atoms with E-state index in [0.717, 1.165) is 25.8 Å². The predicted molar refractivity (Wildman–Crippen MR) is 169 cm³/mol. The number of halogens is 3. The zero-order valence-corrected chi connectivity index (χ0v) is 26.3. The van der Waals surface area contributed by atoms with Crippen molar-refractivity contribution >= 4 is 33.5 Å². The highest BCUT2D eigenvalue weighted by Gasteiger charge is 2.54. The van der Waals surface area contributed by atoms with Crippen LogP contribution >= 0.6 is 0 Å². The van der Waals surface area contributed by atoms with E-state index >= 15 is 4.39 Å². The number of aryl methyl sites for hydroxylation is 1. The van der Waals surface area contributed by atoms with Crippen LogP contribution in [-0.2, 0) is 16.0 Å². The number of anilines is 1. The maximum atomic E-state index is 16.9. The van der Waals surface area contributed by atoms with Crippen LogP contribution in [0.15, 0.2) is 30.5 Å². The number of rotatable bonds is 7. The van der Waals surface area contributed by atoms with Crippen LogP contribution in [0.3, 0.4) is 0 Å². The summed E-state index contributed by atoms with van der Waals surface area (Å²) in [5, 5.41) is 12.0. The minimum Gasteiger partial charge on any atom is -0.508 e. The molecule has 1 saturated carbocycles. The quantitative estimate of drug-likeness (QED) is 0.252. The molecule has 5 heterocycles. The number of benzene rings is 2. The Morgan fingerprint density at radius 2 is 2.04 bits per heavy atom. The Balaban J connectivity index is 1.25. The summed E-state index contributed by atoms with van der Waals surface area (Å²) in [5.74, 6) is -1.17. The van der Waals surface area contributed by atoms with E-state index in [4.69, 9.17) is 14.5 Å². The number of aromatic hydroxyl groups is 1. The fraction of sp³-hybridized carbons (Fsp3) is 0.486. The molecule has 2 aromatic carbocycles. The van der Waals surface area contributed by atoms with Gasteiger partial charge in [-0.05, 0) is 79.1 Å². The van der Waals surface area contributed by atoms with E-state index in [9.17, 15) is 18.7 Å². The zero-order chi connectivity index (χ0) is 32.6. The number of piperidine rings is 1. The average Bonchev–Trinajstić information content (AvgIpc) is 3.68. The summed E-state index contributed by atoms with van der Waals surface area (Å²) in [7, 11) is 1.40. The summed E-state index contributed by atoms with van der Waals surface area (Å²) in [6.45, 7) is 3.65. The molecule has 12 heteroatoms. The summed E-state index contributed by atoms with van der Waals surface area (Å²) in [6.07, 6.45) is 4.36. The van der Waals surface area contributed by atoms with Gasteiger partial charge in [0.25, 0.3) is 0 Å². The zero-order valence-electron chi connectivity index (χ0n) is 26.3. The highest BCUT2D eigenvalue weighted by molar-refractivity contribution is 6.01. The summed E-state index contributed by atoms with van der Waals surface area (Å²) in [5.41, 5.74) is 0.0763. The Hall–Kier alpha value is -4.19. The van der Waals surface area contributed by atoms with Gasteiger partial charge in [-0.25, -0.2) is 13.2 Å². The minimum atomic E-state index is -0.934. The summed E-state index contributed by atoms with van der Waals surface area (Å²) < 4.78 is 57.6. The van der Waals surface area contributed by atoms with Crippen LogP contribution in [0.5, 0.6) is 11.8 Å². The molecule has 4 fully saturated rings. The second-order valence-corrected chi connectivity index (χ2v) is 13.4. The van der Waals surface area contributed by atoms with Crippen molar-refractivity contribution < 1.29 is 32.5 Å². The van der Waals surface area contributed by atoms with Gasteiger partial charge < -0.3 is 19.5 Å². The number of aromatic nitrogens is 3. The van der Waals surface area contributed by atoms with E-state index < -0.39 is 23.3 Å². The highest BCUT2D eigenvalue weighted by Crippen LogP contribution is 2.50. The Labute approximate surface area is 269 Å². The number of fused-ring (bicyclic) bond motifs is 4. The van der Waals surface area contributed by atoms with E-state index in [-0.39, 0.29) is 59.0 Å². The molecule has 0 bridgehead atoms. The molecule has 246 valence electrons. The first-order valence-corrected chi connectivity index (χ1v) is 16.4. The number of pyridine rings is 1. The van der Waals surface area contributed by atoms with Crippen molar-refractivity contribution in [1.82, 2.24) is 19.9 Å². The maximum Gasteiger partial charge on any atom is 0.319 e. The van der Waals surface area contributed by atoms with Crippen molar-refractivity contribution in [3.05, 3.63) is 47.7 Å². The lowest BCUT2D eigenvalue weighted by Gasteiger charge is -2.33. The fourth-order valence-electron chi connectivity index (χ4n) is 8.53. The van der Waals surface area contributed by atoms with Gasteiger partial charge in [0, 0.05) is 37.3 Å². The smallest absolute Gasteiger partial charge is 0.319 e. The number of phenols is 1. The van der Waals surface area contributed by atoms with Gasteiger partial charge in [0.2, 0.25) is 0 Å². The van der Waals surface area contributed by atoms with Crippen LogP contribution in [-0.4, -0.2) is 82.0 Å². The lowest BCUT2D eigenvalue weighted by molar-refractivity contribution is -0.146. The molecule has 3 aliphatic heterocycles. The number of phenolic OH excluding ortho intramolecular Hbond substituents is 1. The molecule has 1 aliphatic carbocycles. The van der Waals surface area contributed by atoms with Gasteiger partial charge in [-0.15, -0.1) is 0 Å². The van der Waals surface area contributed by atoms with Crippen LogP contribution in [0.25, 0.3) is 32.9 Å². The van der Waals surface area contributed by atoms with Crippen molar-refractivity contribution in [1.29, 1.82) is 0 Å². The normalized spacial score (nSPS) is 26.9. The number of nitrogens with zero attached hydrogens (tertiary/aromatic N) is 5. The van der Waals surface area contributed by atoms with Crippen LogP contribution in [0, 0.1) is 23.5 Å². The average molecular weight is 648 g/mol. The van der Waals surface area contributed by atoms with E-state index in [0.29, 0.717) is 59.9 Å². The topological polar surface area (TPSA) is 101 Å². The van der Waals surface area contributed by atoms with Gasteiger partial charge in [-0.1, -0.05) is 13.0 Å². The molecule has 5 atom stereocenters. The molecule has 47 heavy (non-hydrogen) atoms. The largest absolute Gasteiger partial charge is 0.508 e. The van der Waals surface area contributed by atoms with Crippen molar-refractivity contribution in [2.24, 2.45) is 11.8 Å². The molecule has 3 saturated heterocycles. The van der Waals surface area contributed by atoms with Gasteiger partial charge >= 0.3 is 12.0 Å². The molecular weight excluding hydrogens is 611 g/mol. The minimum absolute atomic E-state index is 0.0117. The third kappa shape index (κ3) is 4.86. The maximum absolute atomic E-state index is 16.9. The second-order valence-electron chi connectivity index (χ2n) is 13.4. The number of esters is 1. The summed E-state index contributed by atoms with van der Waals surface area (Å²) in [6, 6.07) is 5.79. The van der Waals surface area contributed by atoms with Gasteiger partial charge in [0.05, 0.1) is 24.0 Å².